The predicted molar refractivity (Wildman–Crippen MR) is 86.5 cm³/mol. The van der Waals surface area contributed by atoms with Gasteiger partial charge in [0.05, 0.1) is 22.7 Å². The van der Waals surface area contributed by atoms with Crippen LogP contribution in [0.15, 0.2) is 18.2 Å². The average molecular weight is 335 g/mol. The lowest BCUT2D eigenvalue weighted by atomic mass is 10.2. The molecule has 21 heavy (non-hydrogen) atoms. The zero-order valence-electron chi connectivity index (χ0n) is 12.2. The zero-order valence-corrected chi connectivity index (χ0v) is 13.8. The van der Waals surface area contributed by atoms with E-state index < -0.39 is 17.8 Å². The van der Waals surface area contributed by atoms with Crippen LogP contribution in [0.4, 0.5) is 16.2 Å². The van der Waals surface area contributed by atoms with Gasteiger partial charge in [0.15, 0.2) is 0 Å². The van der Waals surface area contributed by atoms with Crippen LogP contribution in [0.3, 0.4) is 0 Å². The number of nitrogens with one attached hydrogen (secondary N) is 2. The van der Waals surface area contributed by atoms with Crippen LogP contribution in [0.5, 0.6) is 0 Å². The van der Waals surface area contributed by atoms with Gasteiger partial charge in [-0.25, -0.2) is 4.79 Å². The second-order valence-electron chi connectivity index (χ2n) is 5.51. The van der Waals surface area contributed by atoms with Gasteiger partial charge < -0.3 is 15.2 Å². The van der Waals surface area contributed by atoms with Crippen LogP contribution in [0.25, 0.3) is 0 Å². The molecule has 3 N–H and O–H groups in total. The highest BCUT2D eigenvalue weighted by molar-refractivity contribution is 6.34. The van der Waals surface area contributed by atoms with E-state index in [9.17, 15) is 9.90 Å². The third-order valence-corrected chi connectivity index (χ3v) is 2.99. The van der Waals surface area contributed by atoms with Crippen LogP contribution >= 0.6 is 23.2 Å². The molecule has 1 rings (SSSR count). The zero-order chi connectivity index (χ0) is 16.0. The van der Waals surface area contributed by atoms with Crippen molar-refractivity contribution >= 4 is 40.7 Å². The molecule has 1 unspecified atom stereocenters. The molecular formula is C14H20Cl2N2O3. The first-order valence-corrected chi connectivity index (χ1v) is 7.40. The molecule has 0 spiro atoms. The number of carbonyl (C=O) groups is 1. The number of aliphatic hydroxyl groups excluding tert-OH is 1. The van der Waals surface area contributed by atoms with Crippen molar-refractivity contribution in [2.24, 2.45) is 0 Å². The molecule has 0 fully saturated rings. The number of anilines is 2. The van der Waals surface area contributed by atoms with Crippen LogP contribution in [0, 0.1) is 0 Å². The molecule has 1 atom stereocenters. The minimum absolute atomic E-state index is 0.152. The Bertz CT molecular complexity index is 490. The Balaban J connectivity index is 2.64. The van der Waals surface area contributed by atoms with Gasteiger partial charge >= 0.3 is 6.09 Å². The number of halogens is 2. The van der Waals surface area contributed by atoms with Gasteiger partial charge in [-0.2, -0.15) is 0 Å². The number of hydrogen-bond donors (Lipinski definition) is 3. The van der Waals surface area contributed by atoms with Crippen molar-refractivity contribution in [2.45, 2.75) is 32.5 Å². The minimum Gasteiger partial charge on any atom is -0.444 e. The smallest absolute Gasteiger partial charge is 0.412 e. The fraction of sp³-hybridized carbons (Fsp3) is 0.500. The van der Waals surface area contributed by atoms with Gasteiger partial charge in [-0.15, -0.1) is 11.6 Å². The van der Waals surface area contributed by atoms with Gasteiger partial charge in [0.25, 0.3) is 0 Å². The Morgan fingerprint density at radius 1 is 1.43 bits per heavy atom. The number of hydrogen-bond acceptors (Lipinski definition) is 4. The quantitative estimate of drug-likeness (QED) is 0.718. The van der Waals surface area contributed by atoms with Crippen molar-refractivity contribution in [1.29, 1.82) is 0 Å². The van der Waals surface area contributed by atoms with Crippen molar-refractivity contribution in [3.05, 3.63) is 23.2 Å². The second kappa shape index (κ2) is 7.73. The van der Waals surface area contributed by atoms with E-state index in [-0.39, 0.29) is 5.88 Å². The van der Waals surface area contributed by atoms with E-state index in [0.29, 0.717) is 17.3 Å². The second-order valence-corrected chi connectivity index (χ2v) is 6.23. The molecule has 1 amide bonds. The van der Waals surface area contributed by atoms with Crippen molar-refractivity contribution < 1.29 is 14.6 Å². The van der Waals surface area contributed by atoms with Crippen molar-refractivity contribution in [2.75, 3.05) is 23.1 Å². The van der Waals surface area contributed by atoms with Crippen molar-refractivity contribution in [3.8, 4) is 0 Å². The number of alkyl halides is 1. The first kappa shape index (κ1) is 17.9. The maximum Gasteiger partial charge on any atom is 0.412 e. The van der Waals surface area contributed by atoms with Gasteiger partial charge in [0, 0.05) is 12.2 Å². The third kappa shape index (κ3) is 6.89. The van der Waals surface area contributed by atoms with Crippen LogP contribution in [0.1, 0.15) is 20.8 Å². The largest absolute Gasteiger partial charge is 0.444 e. The lowest BCUT2D eigenvalue weighted by molar-refractivity contribution is 0.0636. The fourth-order valence-corrected chi connectivity index (χ4v) is 1.77. The monoisotopic (exact) mass is 334 g/mol. The van der Waals surface area contributed by atoms with Gasteiger partial charge in [0.2, 0.25) is 0 Å². The summed E-state index contributed by atoms with van der Waals surface area (Å²) in [6.07, 6.45) is -1.20. The molecule has 1 aromatic rings. The van der Waals surface area contributed by atoms with Crippen molar-refractivity contribution in [1.82, 2.24) is 0 Å². The highest BCUT2D eigenvalue weighted by Gasteiger charge is 2.17. The number of ether oxygens (including phenoxy) is 1. The fourth-order valence-electron chi connectivity index (χ4n) is 1.43. The molecule has 0 aliphatic carbocycles. The maximum atomic E-state index is 11.7. The van der Waals surface area contributed by atoms with E-state index in [4.69, 9.17) is 27.9 Å². The third-order valence-electron chi connectivity index (χ3n) is 2.32. The summed E-state index contributed by atoms with van der Waals surface area (Å²) in [5, 5.41) is 15.3. The summed E-state index contributed by atoms with van der Waals surface area (Å²) >= 11 is 11.6. The Morgan fingerprint density at radius 2 is 2.10 bits per heavy atom. The summed E-state index contributed by atoms with van der Waals surface area (Å²) in [7, 11) is 0. The van der Waals surface area contributed by atoms with E-state index in [1.54, 1.807) is 39.0 Å². The molecule has 0 bridgehead atoms. The summed E-state index contributed by atoms with van der Waals surface area (Å²) < 4.78 is 5.15. The molecular weight excluding hydrogens is 315 g/mol. The van der Waals surface area contributed by atoms with Gasteiger partial charge in [-0.3, -0.25) is 5.32 Å². The SMILES string of the molecule is CC(C)(C)OC(=O)Nc1ccc(NCC(O)CCl)cc1Cl. The normalized spacial score (nSPS) is 12.7. The van der Waals surface area contributed by atoms with E-state index >= 15 is 0 Å². The molecule has 5 nitrogen and oxygen atoms in total. The molecule has 0 saturated carbocycles. The lowest BCUT2D eigenvalue weighted by Crippen LogP contribution is -2.27. The first-order valence-electron chi connectivity index (χ1n) is 6.48. The number of amides is 1. The predicted octanol–water partition coefficient (Wildman–Crippen LogP) is 3.70. The first-order chi connectivity index (χ1) is 9.71. The number of rotatable bonds is 5. The molecule has 118 valence electrons. The van der Waals surface area contributed by atoms with E-state index in [1.807, 2.05) is 0 Å². The Morgan fingerprint density at radius 3 is 2.62 bits per heavy atom. The van der Waals surface area contributed by atoms with Crippen LogP contribution in [-0.2, 0) is 4.74 Å². The highest BCUT2D eigenvalue weighted by atomic mass is 35.5. The van der Waals surface area contributed by atoms with Crippen LogP contribution in [-0.4, -0.2) is 35.3 Å². The molecule has 0 aliphatic heterocycles. The summed E-state index contributed by atoms with van der Waals surface area (Å²) in [6.45, 7) is 5.66. The highest BCUT2D eigenvalue weighted by Crippen LogP contribution is 2.26. The van der Waals surface area contributed by atoms with E-state index in [0.717, 1.165) is 5.69 Å². The molecule has 0 aliphatic rings. The lowest BCUT2D eigenvalue weighted by Gasteiger charge is -2.20. The topological polar surface area (TPSA) is 70.6 Å². The van der Waals surface area contributed by atoms with E-state index in [1.165, 1.54) is 0 Å². The molecule has 7 heteroatoms. The van der Waals surface area contributed by atoms with E-state index in [2.05, 4.69) is 10.6 Å². The molecule has 0 heterocycles. The molecule has 0 radical (unpaired) electrons. The van der Waals surface area contributed by atoms with Crippen LogP contribution in [0.2, 0.25) is 5.02 Å². The van der Waals surface area contributed by atoms with Crippen molar-refractivity contribution in [3.63, 3.8) is 0 Å². The number of benzene rings is 1. The summed E-state index contributed by atoms with van der Waals surface area (Å²) in [5.74, 6) is 0.152. The summed E-state index contributed by atoms with van der Waals surface area (Å²) in [5.41, 5.74) is 0.601. The maximum absolute atomic E-state index is 11.7. The summed E-state index contributed by atoms with van der Waals surface area (Å²) in [6, 6.07) is 5.04. The van der Waals surface area contributed by atoms with Gasteiger partial charge in [-0.1, -0.05) is 11.6 Å². The Kier molecular flexibility index (Phi) is 6.58. The van der Waals surface area contributed by atoms with Gasteiger partial charge in [-0.05, 0) is 39.0 Å². The average Bonchev–Trinajstić information content (AvgIpc) is 2.36. The Hall–Kier alpha value is -1.17. The number of carbonyl (C=O) groups excluding carboxylic acids is 1. The minimum atomic E-state index is -0.634. The molecule has 1 aromatic carbocycles. The standard InChI is InChI=1S/C14H20Cl2N2O3/c1-14(2,3)21-13(20)18-12-5-4-9(6-11(12)16)17-8-10(19)7-15/h4-6,10,17,19H,7-8H2,1-3H3,(H,18,20). The molecule has 0 saturated heterocycles. The summed E-state index contributed by atoms with van der Waals surface area (Å²) in [4.78, 5) is 11.7. The number of aliphatic hydroxyl groups is 1. The van der Waals surface area contributed by atoms with Crippen LogP contribution < -0.4 is 10.6 Å². The molecule has 0 aromatic heterocycles. The van der Waals surface area contributed by atoms with Gasteiger partial charge in [0.1, 0.15) is 5.60 Å². The Labute approximate surface area is 134 Å².